The molecule has 4 nitrogen and oxygen atoms in total. The quantitative estimate of drug-likeness (QED) is 0.807. The van der Waals surface area contributed by atoms with Crippen molar-refractivity contribution in [3.63, 3.8) is 0 Å². The minimum atomic E-state index is -0.149. The monoisotopic (exact) mass is 284 g/mol. The third-order valence-corrected chi connectivity index (χ3v) is 2.97. The first-order chi connectivity index (χ1) is 9.17. The molecule has 19 heavy (non-hydrogen) atoms. The van der Waals surface area contributed by atoms with Crippen molar-refractivity contribution in [2.45, 2.75) is 26.2 Å². The summed E-state index contributed by atoms with van der Waals surface area (Å²) in [4.78, 5) is 13.8. The number of hydrogen-bond acceptors (Lipinski definition) is 2. The van der Waals surface area contributed by atoms with E-state index in [0.29, 0.717) is 30.2 Å². The highest BCUT2D eigenvalue weighted by molar-refractivity contribution is 6.30. The van der Waals surface area contributed by atoms with Gasteiger partial charge in [-0.15, -0.1) is 0 Å². The second-order valence-electron chi connectivity index (χ2n) is 4.36. The molecule has 5 heteroatoms. The molecule has 0 saturated carbocycles. The molecule has 1 aromatic carbocycles. The zero-order chi connectivity index (χ0) is 14.1. The smallest absolute Gasteiger partial charge is 0.321 e. The number of amides is 2. The molecule has 0 unspecified atom stereocenters. The van der Waals surface area contributed by atoms with Crippen LogP contribution < -0.4 is 5.32 Å². The Morgan fingerprint density at radius 2 is 2.11 bits per heavy atom. The van der Waals surface area contributed by atoms with Gasteiger partial charge in [0.1, 0.15) is 0 Å². The number of anilines is 1. The van der Waals surface area contributed by atoms with E-state index in [2.05, 4.69) is 12.2 Å². The number of halogens is 1. The summed E-state index contributed by atoms with van der Waals surface area (Å²) in [6.45, 7) is 3.43. The summed E-state index contributed by atoms with van der Waals surface area (Å²) in [6, 6.07) is 6.92. The van der Waals surface area contributed by atoms with Gasteiger partial charge in [0, 0.05) is 30.4 Å². The molecule has 0 aliphatic carbocycles. The molecule has 0 fully saturated rings. The molecule has 0 aromatic heterocycles. The normalized spacial score (nSPS) is 10.3. The van der Waals surface area contributed by atoms with Crippen LogP contribution in [0.3, 0.4) is 0 Å². The maximum atomic E-state index is 12.1. The number of nitrogens with one attached hydrogen (secondary N) is 1. The van der Waals surface area contributed by atoms with Crippen LogP contribution >= 0.6 is 11.6 Å². The highest BCUT2D eigenvalue weighted by atomic mass is 35.5. The molecule has 0 aliphatic heterocycles. The van der Waals surface area contributed by atoms with Crippen molar-refractivity contribution in [3.05, 3.63) is 29.3 Å². The minimum Gasteiger partial charge on any atom is -0.396 e. The van der Waals surface area contributed by atoms with Gasteiger partial charge in [-0.1, -0.05) is 31.0 Å². The SMILES string of the molecule is CCCCN(CCCO)C(=O)Nc1cccc(Cl)c1. The Kier molecular flexibility index (Phi) is 7.30. The van der Waals surface area contributed by atoms with Crippen LogP contribution in [0.2, 0.25) is 5.02 Å². The lowest BCUT2D eigenvalue weighted by atomic mass is 10.3. The number of benzene rings is 1. The summed E-state index contributed by atoms with van der Waals surface area (Å²) < 4.78 is 0. The van der Waals surface area contributed by atoms with Crippen LogP contribution in [0, 0.1) is 0 Å². The highest BCUT2D eigenvalue weighted by Crippen LogP contribution is 2.15. The predicted octanol–water partition coefficient (Wildman–Crippen LogP) is 3.36. The fourth-order valence-electron chi connectivity index (χ4n) is 1.69. The van der Waals surface area contributed by atoms with Gasteiger partial charge in [-0.25, -0.2) is 4.79 Å². The van der Waals surface area contributed by atoms with E-state index in [1.165, 1.54) is 0 Å². The summed E-state index contributed by atoms with van der Waals surface area (Å²) in [5, 5.41) is 12.3. The number of hydrogen-bond donors (Lipinski definition) is 2. The molecule has 0 heterocycles. The topological polar surface area (TPSA) is 52.6 Å². The van der Waals surface area contributed by atoms with Crippen molar-refractivity contribution in [1.29, 1.82) is 0 Å². The van der Waals surface area contributed by atoms with Crippen molar-refractivity contribution in [1.82, 2.24) is 4.90 Å². The van der Waals surface area contributed by atoms with E-state index in [4.69, 9.17) is 16.7 Å². The van der Waals surface area contributed by atoms with Gasteiger partial charge in [0.25, 0.3) is 0 Å². The van der Waals surface area contributed by atoms with E-state index >= 15 is 0 Å². The van der Waals surface area contributed by atoms with Crippen LogP contribution in [-0.4, -0.2) is 35.7 Å². The predicted molar refractivity (Wildman–Crippen MR) is 78.7 cm³/mol. The molecule has 0 bridgehead atoms. The minimum absolute atomic E-state index is 0.0903. The second kappa shape index (κ2) is 8.77. The second-order valence-corrected chi connectivity index (χ2v) is 4.79. The third-order valence-electron chi connectivity index (χ3n) is 2.73. The average Bonchev–Trinajstić information content (AvgIpc) is 2.38. The maximum absolute atomic E-state index is 12.1. The largest absolute Gasteiger partial charge is 0.396 e. The zero-order valence-corrected chi connectivity index (χ0v) is 12.0. The van der Waals surface area contributed by atoms with E-state index in [0.717, 1.165) is 12.8 Å². The van der Waals surface area contributed by atoms with E-state index in [1.54, 1.807) is 29.2 Å². The van der Waals surface area contributed by atoms with Gasteiger partial charge in [-0.2, -0.15) is 0 Å². The van der Waals surface area contributed by atoms with Crippen LogP contribution in [0.1, 0.15) is 26.2 Å². The number of unbranched alkanes of at least 4 members (excludes halogenated alkanes) is 1. The maximum Gasteiger partial charge on any atom is 0.321 e. The molecular weight excluding hydrogens is 264 g/mol. The van der Waals surface area contributed by atoms with Crippen LogP contribution in [0.5, 0.6) is 0 Å². The highest BCUT2D eigenvalue weighted by Gasteiger charge is 2.12. The Morgan fingerprint density at radius 3 is 2.74 bits per heavy atom. The average molecular weight is 285 g/mol. The molecule has 0 spiro atoms. The van der Waals surface area contributed by atoms with E-state index in [-0.39, 0.29) is 12.6 Å². The molecule has 0 atom stereocenters. The standard InChI is InChI=1S/C14H21ClN2O2/c1-2-3-8-17(9-5-10-18)14(19)16-13-7-4-6-12(15)11-13/h4,6-7,11,18H,2-3,5,8-10H2,1H3,(H,16,19). The first kappa shape index (κ1) is 15.8. The van der Waals surface area contributed by atoms with Crippen LogP contribution in [0.25, 0.3) is 0 Å². The van der Waals surface area contributed by atoms with E-state index in [1.807, 2.05) is 0 Å². The molecular formula is C14H21ClN2O2. The summed E-state index contributed by atoms with van der Waals surface area (Å²) in [6.07, 6.45) is 2.57. The molecule has 0 radical (unpaired) electrons. The van der Waals surface area contributed by atoms with E-state index in [9.17, 15) is 4.79 Å². The number of urea groups is 1. The van der Waals surface area contributed by atoms with Crippen molar-refractivity contribution >= 4 is 23.3 Å². The fraction of sp³-hybridized carbons (Fsp3) is 0.500. The van der Waals surface area contributed by atoms with E-state index < -0.39 is 0 Å². The molecule has 1 rings (SSSR count). The number of aliphatic hydroxyl groups is 1. The summed E-state index contributed by atoms with van der Waals surface area (Å²) in [7, 11) is 0. The van der Waals surface area contributed by atoms with Gasteiger partial charge in [-0.05, 0) is 31.0 Å². The lowest BCUT2D eigenvalue weighted by Crippen LogP contribution is -2.36. The van der Waals surface area contributed by atoms with Crippen LogP contribution in [-0.2, 0) is 0 Å². The molecule has 0 saturated heterocycles. The number of carbonyl (C=O) groups is 1. The van der Waals surface area contributed by atoms with Gasteiger partial charge in [0.15, 0.2) is 0 Å². The summed E-state index contributed by atoms with van der Waals surface area (Å²) >= 11 is 5.88. The first-order valence-corrected chi connectivity index (χ1v) is 6.97. The Hall–Kier alpha value is -1.26. The van der Waals surface area contributed by atoms with Crippen molar-refractivity contribution < 1.29 is 9.90 Å². The Morgan fingerprint density at radius 1 is 1.37 bits per heavy atom. The number of nitrogens with zero attached hydrogens (tertiary/aromatic N) is 1. The van der Waals surface area contributed by atoms with Gasteiger partial charge in [0.05, 0.1) is 0 Å². The van der Waals surface area contributed by atoms with Gasteiger partial charge >= 0.3 is 6.03 Å². The Labute approximate surface area is 119 Å². The molecule has 2 N–H and O–H groups in total. The Bertz CT molecular complexity index is 391. The summed E-state index contributed by atoms with van der Waals surface area (Å²) in [5.74, 6) is 0. The van der Waals surface area contributed by atoms with Crippen molar-refractivity contribution in [2.75, 3.05) is 25.0 Å². The van der Waals surface area contributed by atoms with Gasteiger partial charge in [-0.3, -0.25) is 0 Å². The van der Waals surface area contributed by atoms with Gasteiger partial charge in [0.2, 0.25) is 0 Å². The van der Waals surface area contributed by atoms with Crippen LogP contribution in [0.15, 0.2) is 24.3 Å². The zero-order valence-electron chi connectivity index (χ0n) is 11.2. The molecule has 2 amide bonds. The first-order valence-electron chi connectivity index (χ1n) is 6.59. The number of rotatable bonds is 7. The molecule has 106 valence electrons. The lowest BCUT2D eigenvalue weighted by Gasteiger charge is -2.22. The number of carbonyl (C=O) groups excluding carboxylic acids is 1. The van der Waals surface area contributed by atoms with Crippen molar-refractivity contribution in [2.24, 2.45) is 0 Å². The lowest BCUT2D eigenvalue weighted by molar-refractivity contribution is 0.201. The van der Waals surface area contributed by atoms with Crippen LogP contribution in [0.4, 0.5) is 10.5 Å². The Balaban J connectivity index is 2.59. The van der Waals surface area contributed by atoms with Crippen molar-refractivity contribution in [3.8, 4) is 0 Å². The number of aliphatic hydroxyl groups excluding tert-OH is 1. The third kappa shape index (κ3) is 5.94. The molecule has 1 aromatic rings. The fourth-order valence-corrected chi connectivity index (χ4v) is 1.88. The molecule has 0 aliphatic rings. The van der Waals surface area contributed by atoms with Gasteiger partial charge < -0.3 is 15.3 Å². The summed E-state index contributed by atoms with van der Waals surface area (Å²) in [5.41, 5.74) is 0.683.